The monoisotopic (exact) mass is 411 g/mol. The maximum absolute atomic E-state index is 12.9. The maximum atomic E-state index is 12.9. The minimum Gasteiger partial charge on any atom is -0.356 e. The summed E-state index contributed by atoms with van der Waals surface area (Å²) in [6.45, 7) is 0.793. The fourth-order valence-corrected chi connectivity index (χ4v) is 3.72. The predicted octanol–water partition coefficient (Wildman–Crippen LogP) is 4.74. The zero-order valence-corrected chi connectivity index (χ0v) is 15.9. The quantitative estimate of drug-likeness (QED) is 0.669. The van der Waals surface area contributed by atoms with Gasteiger partial charge in [-0.2, -0.15) is 18.3 Å². The molecule has 4 nitrogen and oxygen atoms in total. The Bertz CT molecular complexity index is 859. The van der Waals surface area contributed by atoms with Gasteiger partial charge < -0.3 is 5.32 Å². The van der Waals surface area contributed by atoms with Crippen LogP contribution in [0.4, 0.5) is 13.2 Å². The van der Waals surface area contributed by atoms with Gasteiger partial charge >= 0.3 is 6.18 Å². The third kappa shape index (κ3) is 4.35. The van der Waals surface area contributed by atoms with Crippen molar-refractivity contribution in [3.8, 4) is 0 Å². The summed E-state index contributed by atoms with van der Waals surface area (Å²) in [6.07, 6.45) is -1.25. The lowest BCUT2D eigenvalue weighted by Gasteiger charge is -2.08. The molecule has 2 aliphatic rings. The smallest absolute Gasteiger partial charge is 0.356 e. The van der Waals surface area contributed by atoms with Gasteiger partial charge in [0, 0.05) is 35.6 Å². The van der Waals surface area contributed by atoms with Gasteiger partial charge in [-0.15, -0.1) is 0 Å². The Balaban J connectivity index is 1.26. The van der Waals surface area contributed by atoms with Crippen LogP contribution >= 0.6 is 11.6 Å². The third-order valence-electron chi connectivity index (χ3n) is 5.37. The largest absolute Gasteiger partial charge is 0.435 e. The molecule has 1 aromatic carbocycles. The van der Waals surface area contributed by atoms with Crippen molar-refractivity contribution >= 4 is 17.5 Å². The normalized spacial score (nSPS) is 21.6. The second-order valence-electron chi connectivity index (χ2n) is 7.59. The Hall–Kier alpha value is -2.02. The van der Waals surface area contributed by atoms with Gasteiger partial charge in [0.05, 0.1) is 0 Å². The standard InChI is InChI=1S/C20H21ClF3N3O/c21-14-6-4-12(5-7-14)15-10-16(15)19(28)25-8-1-9-27-17(13-2-3-13)11-18(26-27)20(22,23)24/h4-7,11,13,15-16H,1-3,8-10H2,(H,25,28). The summed E-state index contributed by atoms with van der Waals surface area (Å²) in [5, 5.41) is 7.30. The summed E-state index contributed by atoms with van der Waals surface area (Å²) >= 11 is 5.88. The highest BCUT2D eigenvalue weighted by atomic mass is 35.5. The minimum atomic E-state index is -4.42. The number of nitrogens with one attached hydrogen (secondary N) is 1. The minimum absolute atomic E-state index is 0.00110. The Kier molecular flexibility index (Phi) is 5.12. The van der Waals surface area contributed by atoms with E-state index in [4.69, 9.17) is 11.6 Å². The molecular formula is C20H21ClF3N3O. The number of alkyl halides is 3. The molecule has 1 N–H and O–H groups in total. The molecular weight excluding hydrogens is 391 g/mol. The first-order valence-corrected chi connectivity index (χ1v) is 9.89. The van der Waals surface area contributed by atoms with Gasteiger partial charge in [0.15, 0.2) is 5.69 Å². The van der Waals surface area contributed by atoms with Crippen molar-refractivity contribution in [3.05, 3.63) is 52.3 Å². The second kappa shape index (κ2) is 7.43. The molecule has 2 saturated carbocycles. The Morgan fingerprint density at radius 2 is 1.96 bits per heavy atom. The number of aromatic nitrogens is 2. The van der Waals surface area contributed by atoms with Crippen LogP contribution in [0.2, 0.25) is 5.02 Å². The van der Waals surface area contributed by atoms with E-state index >= 15 is 0 Å². The van der Waals surface area contributed by atoms with Gasteiger partial charge in [-0.05, 0) is 55.4 Å². The van der Waals surface area contributed by atoms with Gasteiger partial charge in [-0.25, -0.2) is 0 Å². The molecule has 4 rings (SSSR count). The molecule has 2 atom stereocenters. The molecule has 150 valence electrons. The van der Waals surface area contributed by atoms with Gasteiger partial charge in [0.2, 0.25) is 5.91 Å². The van der Waals surface area contributed by atoms with Crippen molar-refractivity contribution in [2.75, 3.05) is 6.54 Å². The van der Waals surface area contributed by atoms with Crippen LogP contribution in [0, 0.1) is 5.92 Å². The number of aryl methyl sites for hydroxylation is 1. The number of carbonyl (C=O) groups is 1. The lowest BCUT2D eigenvalue weighted by molar-refractivity contribution is -0.141. The number of amides is 1. The molecule has 1 aromatic heterocycles. The van der Waals surface area contributed by atoms with E-state index in [9.17, 15) is 18.0 Å². The highest BCUT2D eigenvalue weighted by molar-refractivity contribution is 6.30. The van der Waals surface area contributed by atoms with Crippen molar-refractivity contribution in [2.45, 2.75) is 50.2 Å². The Morgan fingerprint density at radius 1 is 1.25 bits per heavy atom. The number of carbonyl (C=O) groups excluding carboxylic acids is 1. The topological polar surface area (TPSA) is 46.9 Å². The van der Waals surface area contributed by atoms with Gasteiger partial charge in [0.25, 0.3) is 0 Å². The number of hydrogen-bond acceptors (Lipinski definition) is 2. The number of rotatable bonds is 7. The highest BCUT2D eigenvalue weighted by Crippen LogP contribution is 2.47. The summed E-state index contributed by atoms with van der Waals surface area (Å²) in [4.78, 5) is 12.3. The van der Waals surface area contributed by atoms with Crippen molar-refractivity contribution in [3.63, 3.8) is 0 Å². The third-order valence-corrected chi connectivity index (χ3v) is 5.62. The molecule has 8 heteroatoms. The fourth-order valence-electron chi connectivity index (χ4n) is 3.59. The van der Waals surface area contributed by atoms with E-state index in [2.05, 4.69) is 10.4 Å². The first-order chi connectivity index (χ1) is 13.3. The zero-order valence-electron chi connectivity index (χ0n) is 15.2. The first-order valence-electron chi connectivity index (χ1n) is 9.51. The van der Waals surface area contributed by atoms with Crippen LogP contribution in [-0.2, 0) is 17.5 Å². The molecule has 2 unspecified atom stereocenters. The average Bonchev–Trinajstić information content (AvgIpc) is 3.56. The molecule has 0 radical (unpaired) electrons. The lowest BCUT2D eigenvalue weighted by atomic mass is 10.1. The number of nitrogens with zero attached hydrogens (tertiary/aromatic N) is 2. The predicted molar refractivity (Wildman–Crippen MR) is 99.1 cm³/mol. The van der Waals surface area contributed by atoms with Crippen LogP contribution in [0.1, 0.15) is 54.5 Å². The summed E-state index contributed by atoms with van der Waals surface area (Å²) < 4.78 is 40.2. The van der Waals surface area contributed by atoms with E-state index in [1.165, 1.54) is 4.68 Å². The zero-order chi connectivity index (χ0) is 19.9. The molecule has 2 aliphatic carbocycles. The number of benzene rings is 1. The van der Waals surface area contributed by atoms with Gasteiger partial charge in [-0.1, -0.05) is 23.7 Å². The van der Waals surface area contributed by atoms with Crippen molar-refractivity contribution in [1.29, 1.82) is 0 Å². The van der Waals surface area contributed by atoms with Crippen molar-refractivity contribution in [2.24, 2.45) is 5.92 Å². The van der Waals surface area contributed by atoms with E-state index in [1.807, 2.05) is 24.3 Å². The van der Waals surface area contributed by atoms with E-state index < -0.39 is 11.9 Å². The summed E-state index contributed by atoms with van der Waals surface area (Å²) in [7, 11) is 0. The number of halogens is 4. The van der Waals surface area contributed by atoms with Crippen LogP contribution in [0.3, 0.4) is 0 Å². The molecule has 2 aromatic rings. The molecule has 28 heavy (non-hydrogen) atoms. The van der Waals surface area contributed by atoms with Gasteiger partial charge in [-0.3, -0.25) is 9.48 Å². The van der Waals surface area contributed by atoms with Crippen LogP contribution in [0.15, 0.2) is 30.3 Å². The van der Waals surface area contributed by atoms with E-state index in [1.54, 1.807) is 0 Å². The van der Waals surface area contributed by atoms with Crippen LogP contribution in [-0.4, -0.2) is 22.2 Å². The van der Waals surface area contributed by atoms with E-state index in [-0.39, 0.29) is 23.7 Å². The van der Waals surface area contributed by atoms with Crippen LogP contribution < -0.4 is 5.32 Å². The lowest BCUT2D eigenvalue weighted by Crippen LogP contribution is -2.27. The fraction of sp³-hybridized carbons (Fsp3) is 0.500. The van der Waals surface area contributed by atoms with E-state index in [0.29, 0.717) is 30.2 Å². The molecule has 0 aliphatic heterocycles. The average molecular weight is 412 g/mol. The van der Waals surface area contributed by atoms with Crippen molar-refractivity contribution < 1.29 is 18.0 Å². The SMILES string of the molecule is O=C(NCCCn1nc(C(F)(F)F)cc1C1CC1)C1CC1c1ccc(Cl)cc1. The second-order valence-corrected chi connectivity index (χ2v) is 8.03. The maximum Gasteiger partial charge on any atom is 0.435 e. The van der Waals surface area contributed by atoms with E-state index in [0.717, 1.165) is 30.9 Å². The Morgan fingerprint density at radius 3 is 2.61 bits per heavy atom. The molecule has 1 amide bonds. The summed E-state index contributed by atoms with van der Waals surface area (Å²) in [5.41, 5.74) is 0.931. The molecule has 0 spiro atoms. The first kappa shape index (κ1) is 19.3. The molecule has 1 heterocycles. The van der Waals surface area contributed by atoms with Crippen LogP contribution in [0.25, 0.3) is 0 Å². The summed E-state index contributed by atoms with van der Waals surface area (Å²) in [6, 6.07) is 8.68. The van der Waals surface area contributed by atoms with Gasteiger partial charge in [0.1, 0.15) is 0 Å². The molecule has 2 fully saturated rings. The summed E-state index contributed by atoms with van der Waals surface area (Å²) in [5.74, 6) is 0.368. The number of hydrogen-bond donors (Lipinski definition) is 1. The molecule has 0 bridgehead atoms. The van der Waals surface area contributed by atoms with Crippen LogP contribution in [0.5, 0.6) is 0 Å². The Labute approximate surface area is 166 Å². The highest BCUT2D eigenvalue weighted by Gasteiger charge is 2.43. The van der Waals surface area contributed by atoms with Crippen molar-refractivity contribution in [1.82, 2.24) is 15.1 Å². The molecule has 0 saturated heterocycles.